The SMILES string of the molecule is Cc1ccccc1C(=O)NC1CCN(c2c([N+](=O)[O-])nc(C)n2C)CC1. The average Bonchev–Trinajstić information content (AvgIpc) is 2.91. The molecule has 0 spiro atoms. The standard InChI is InChI=1S/C18H23N5O3/c1-12-6-4-5-7-15(12)17(24)20-14-8-10-22(11-9-14)18-16(23(25)26)19-13(2)21(18)3/h4-7,14H,8-11H2,1-3H3,(H,20,24). The fourth-order valence-electron chi connectivity index (χ4n) is 3.38. The van der Waals surface area contributed by atoms with Crippen molar-refractivity contribution in [1.82, 2.24) is 14.9 Å². The molecule has 138 valence electrons. The van der Waals surface area contributed by atoms with Gasteiger partial charge in [0, 0.05) is 38.7 Å². The van der Waals surface area contributed by atoms with Crippen LogP contribution in [0.25, 0.3) is 0 Å². The molecule has 3 rings (SSSR count). The summed E-state index contributed by atoms with van der Waals surface area (Å²) in [6.07, 6.45) is 1.47. The first-order valence-electron chi connectivity index (χ1n) is 8.67. The molecular formula is C18H23N5O3. The molecule has 26 heavy (non-hydrogen) atoms. The maximum atomic E-state index is 12.5. The van der Waals surface area contributed by atoms with Crippen molar-refractivity contribution in [2.45, 2.75) is 32.7 Å². The Bertz CT molecular complexity index is 837. The lowest BCUT2D eigenvalue weighted by atomic mass is 10.0. The zero-order chi connectivity index (χ0) is 18.8. The monoisotopic (exact) mass is 357 g/mol. The van der Waals surface area contributed by atoms with Crippen molar-refractivity contribution in [2.24, 2.45) is 7.05 Å². The summed E-state index contributed by atoms with van der Waals surface area (Å²) < 4.78 is 1.75. The van der Waals surface area contributed by atoms with Gasteiger partial charge < -0.3 is 20.3 Å². The minimum absolute atomic E-state index is 0.0618. The van der Waals surface area contributed by atoms with Gasteiger partial charge in [-0.25, -0.2) is 0 Å². The minimum atomic E-state index is -0.436. The smallest absolute Gasteiger partial charge is 0.358 e. The van der Waals surface area contributed by atoms with E-state index in [9.17, 15) is 14.9 Å². The van der Waals surface area contributed by atoms with E-state index in [0.717, 1.165) is 18.4 Å². The Morgan fingerprint density at radius 1 is 1.27 bits per heavy atom. The molecule has 0 saturated carbocycles. The third-order valence-electron chi connectivity index (χ3n) is 4.96. The first kappa shape index (κ1) is 17.9. The van der Waals surface area contributed by atoms with Crippen LogP contribution in [-0.2, 0) is 7.05 Å². The molecule has 0 unspecified atom stereocenters. The number of aryl methyl sites for hydroxylation is 2. The van der Waals surface area contributed by atoms with Crippen LogP contribution in [0.1, 0.15) is 34.6 Å². The van der Waals surface area contributed by atoms with Crippen LogP contribution in [0.15, 0.2) is 24.3 Å². The van der Waals surface area contributed by atoms with Crippen molar-refractivity contribution < 1.29 is 9.72 Å². The van der Waals surface area contributed by atoms with E-state index < -0.39 is 4.92 Å². The Kier molecular flexibility index (Phi) is 4.92. The fourth-order valence-corrected chi connectivity index (χ4v) is 3.38. The Morgan fingerprint density at radius 2 is 1.92 bits per heavy atom. The lowest BCUT2D eigenvalue weighted by Gasteiger charge is -2.33. The van der Waals surface area contributed by atoms with Gasteiger partial charge >= 0.3 is 5.82 Å². The van der Waals surface area contributed by atoms with Crippen LogP contribution in [-0.4, -0.2) is 39.5 Å². The van der Waals surface area contributed by atoms with Crippen molar-refractivity contribution in [2.75, 3.05) is 18.0 Å². The number of nitrogens with one attached hydrogen (secondary N) is 1. The normalized spacial score (nSPS) is 15.1. The van der Waals surface area contributed by atoms with Crippen molar-refractivity contribution in [3.63, 3.8) is 0 Å². The van der Waals surface area contributed by atoms with E-state index in [-0.39, 0.29) is 17.8 Å². The predicted octanol–water partition coefficient (Wildman–Crippen LogP) is 2.34. The van der Waals surface area contributed by atoms with E-state index in [0.29, 0.717) is 30.3 Å². The largest absolute Gasteiger partial charge is 0.406 e. The highest BCUT2D eigenvalue weighted by Crippen LogP contribution is 2.30. The molecule has 0 atom stereocenters. The Labute approximate surface area is 152 Å². The second-order valence-corrected chi connectivity index (χ2v) is 6.67. The first-order chi connectivity index (χ1) is 12.4. The molecule has 0 aliphatic carbocycles. The van der Waals surface area contributed by atoms with Crippen molar-refractivity contribution >= 4 is 17.5 Å². The molecule has 1 amide bonds. The molecule has 2 heterocycles. The quantitative estimate of drug-likeness (QED) is 0.670. The van der Waals surface area contributed by atoms with Gasteiger partial charge in [0.25, 0.3) is 5.91 Å². The van der Waals surface area contributed by atoms with Gasteiger partial charge in [0.1, 0.15) is 0 Å². The molecule has 8 heteroatoms. The summed E-state index contributed by atoms with van der Waals surface area (Å²) >= 11 is 0. The number of nitro groups is 1. The number of aromatic nitrogens is 2. The molecule has 0 bridgehead atoms. The van der Waals surface area contributed by atoms with Crippen molar-refractivity contribution in [3.05, 3.63) is 51.3 Å². The molecular weight excluding hydrogens is 334 g/mol. The zero-order valence-electron chi connectivity index (χ0n) is 15.2. The predicted molar refractivity (Wildman–Crippen MR) is 98.5 cm³/mol. The summed E-state index contributed by atoms with van der Waals surface area (Å²) in [7, 11) is 1.79. The Morgan fingerprint density at radius 3 is 2.54 bits per heavy atom. The first-order valence-corrected chi connectivity index (χ1v) is 8.67. The third kappa shape index (κ3) is 3.40. The van der Waals surface area contributed by atoms with Crippen molar-refractivity contribution in [3.8, 4) is 0 Å². The highest BCUT2D eigenvalue weighted by Gasteiger charge is 2.31. The van der Waals surface area contributed by atoms with E-state index in [1.54, 1.807) is 18.5 Å². The number of rotatable bonds is 4. The third-order valence-corrected chi connectivity index (χ3v) is 4.96. The zero-order valence-corrected chi connectivity index (χ0v) is 15.2. The number of carbonyl (C=O) groups is 1. The van der Waals surface area contributed by atoms with E-state index in [1.807, 2.05) is 36.1 Å². The Balaban J connectivity index is 1.66. The number of amides is 1. The minimum Gasteiger partial charge on any atom is -0.358 e. The lowest BCUT2D eigenvalue weighted by Crippen LogP contribution is -2.45. The summed E-state index contributed by atoms with van der Waals surface area (Å²) in [6.45, 7) is 4.95. The van der Waals surface area contributed by atoms with Gasteiger partial charge in [-0.15, -0.1) is 0 Å². The summed E-state index contributed by atoms with van der Waals surface area (Å²) in [6, 6.07) is 7.57. The maximum Gasteiger partial charge on any atom is 0.406 e. The second kappa shape index (κ2) is 7.15. The number of benzene rings is 1. The summed E-state index contributed by atoms with van der Waals surface area (Å²) in [5.41, 5.74) is 1.64. The van der Waals surface area contributed by atoms with Crippen LogP contribution in [0, 0.1) is 24.0 Å². The summed E-state index contributed by atoms with van der Waals surface area (Å²) in [5, 5.41) is 14.4. The highest BCUT2D eigenvalue weighted by molar-refractivity contribution is 5.95. The molecule has 1 fully saturated rings. The summed E-state index contributed by atoms with van der Waals surface area (Å²) in [4.78, 5) is 29.3. The number of imidazole rings is 1. The number of piperidine rings is 1. The lowest BCUT2D eigenvalue weighted by molar-refractivity contribution is -0.388. The molecule has 1 aromatic carbocycles. The maximum absolute atomic E-state index is 12.5. The number of hydrogen-bond donors (Lipinski definition) is 1. The number of hydrogen-bond acceptors (Lipinski definition) is 5. The molecule has 8 nitrogen and oxygen atoms in total. The van der Waals surface area contributed by atoms with Crippen LogP contribution < -0.4 is 10.2 Å². The van der Waals surface area contributed by atoms with E-state index in [2.05, 4.69) is 10.3 Å². The van der Waals surface area contributed by atoms with Crippen LogP contribution in [0.3, 0.4) is 0 Å². The molecule has 1 aromatic heterocycles. The van der Waals surface area contributed by atoms with Crippen LogP contribution in [0.4, 0.5) is 11.6 Å². The molecule has 2 aromatic rings. The van der Waals surface area contributed by atoms with Gasteiger partial charge in [-0.05, 0) is 41.3 Å². The van der Waals surface area contributed by atoms with E-state index in [1.165, 1.54) is 0 Å². The molecule has 1 N–H and O–H groups in total. The van der Waals surface area contributed by atoms with Gasteiger partial charge in [0.15, 0.2) is 0 Å². The van der Waals surface area contributed by atoms with Gasteiger partial charge in [-0.1, -0.05) is 18.2 Å². The Hall–Kier alpha value is -2.90. The van der Waals surface area contributed by atoms with Gasteiger partial charge in [0.2, 0.25) is 11.6 Å². The number of nitrogens with zero attached hydrogens (tertiary/aromatic N) is 4. The fraction of sp³-hybridized carbons (Fsp3) is 0.444. The second-order valence-electron chi connectivity index (χ2n) is 6.67. The molecule has 1 aliphatic rings. The molecule has 1 aliphatic heterocycles. The van der Waals surface area contributed by atoms with E-state index >= 15 is 0 Å². The summed E-state index contributed by atoms with van der Waals surface area (Å²) in [5.74, 6) is 0.981. The molecule has 1 saturated heterocycles. The van der Waals surface area contributed by atoms with Gasteiger partial charge in [0.05, 0.1) is 0 Å². The topological polar surface area (TPSA) is 93.3 Å². The van der Waals surface area contributed by atoms with Crippen LogP contribution >= 0.6 is 0 Å². The van der Waals surface area contributed by atoms with Crippen molar-refractivity contribution in [1.29, 1.82) is 0 Å². The van der Waals surface area contributed by atoms with Gasteiger partial charge in [-0.2, -0.15) is 0 Å². The van der Waals surface area contributed by atoms with Crippen LogP contribution in [0.2, 0.25) is 0 Å². The van der Waals surface area contributed by atoms with E-state index in [4.69, 9.17) is 0 Å². The highest BCUT2D eigenvalue weighted by atomic mass is 16.6. The average molecular weight is 357 g/mol. The number of anilines is 1. The number of carbonyl (C=O) groups excluding carboxylic acids is 1. The van der Waals surface area contributed by atoms with Crippen LogP contribution in [0.5, 0.6) is 0 Å². The van der Waals surface area contributed by atoms with Gasteiger partial charge in [-0.3, -0.25) is 9.36 Å². The molecule has 0 radical (unpaired) electrons.